The number of pyridine rings is 1. The third kappa shape index (κ3) is 3.80. The zero-order valence-corrected chi connectivity index (χ0v) is 12.2. The monoisotopic (exact) mass is 300 g/mol. The van der Waals surface area contributed by atoms with Crippen molar-refractivity contribution < 1.29 is 9.53 Å². The maximum atomic E-state index is 12.0. The van der Waals surface area contributed by atoms with E-state index < -0.39 is 5.97 Å². The van der Waals surface area contributed by atoms with Gasteiger partial charge in [0.15, 0.2) is 0 Å². The lowest BCUT2D eigenvalue weighted by atomic mass is 10.1. The number of esters is 1. The van der Waals surface area contributed by atoms with Crippen molar-refractivity contribution in [3.05, 3.63) is 53.2 Å². The fourth-order valence-corrected chi connectivity index (χ4v) is 1.88. The predicted molar refractivity (Wildman–Crippen MR) is 79.7 cm³/mol. The van der Waals surface area contributed by atoms with Gasteiger partial charge in [0.1, 0.15) is 6.61 Å². The van der Waals surface area contributed by atoms with Gasteiger partial charge in [-0.3, -0.25) is 4.98 Å². The van der Waals surface area contributed by atoms with Crippen LogP contribution in [0.1, 0.15) is 17.3 Å². The lowest BCUT2D eigenvalue weighted by Gasteiger charge is -2.09. The normalized spacial score (nSPS) is 11.5. The molecule has 1 aromatic heterocycles. The summed E-state index contributed by atoms with van der Waals surface area (Å²) < 4.78 is 5.09. The number of rotatable bonds is 4. The summed E-state index contributed by atoms with van der Waals surface area (Å²) in [6.07, 6.45) is 1.68. The molecule has 0 bridgehead atoms. The summed E-state index contributed by atoms with van der Waals surface area (Å²) in [6.45, 7) is 1.72. The molecule has 0 saturated heterocycles. The van der Waals surface area contributed by atoms with E-state index in [-0.39, 0.29) is 18.1 Å². The van der Waals surface area contributed by atoms with Gasteiger partial charge >= 0.3 is 5.97 Å². The fraction of sp³-hybridized carbons (Fsp3) is 0.188. The number of benzene rings is 1. The van der Waals surface area contributed by atoms with E-state index in [0.717, 1.165) is 11.3 Å². The number of ether oxygens (including phenoxy) is 1. The molecule has 0 aliphatic heterocycles. The van der Waals surface area contributed by atoms with Gasteiger partial charge in [0.25, 0.3) is 0 Å². The van der Waals surface area contributed by atoms with Gasteiger partial charge in [-0.05, 0) is 31.2 Å². The van der Waals surface area contributed by atoms with E-state index in [4.69, 9.17) is 21.6 Å². The highest BCUT2D eigenvalue weighted by molar-refractivity contribution is 6.33. The van der Waals surface area contributed by atoms with Gasteiger partial charge in [0.05, 0.1) is 28.3 Å². The second-order valence-electron chi connectivity index (χ2n) is 4.54. The summed E-state index contributed by atoms with van der Waals surface area (Å²) in [5.74, 6) is -0.897. The SMILES string of the molecule is CC(C#N)COC(=O)c1cc(-c2ccccn2)ccc1Cl. The van der Waals surface area contributed by atoms with Gasteiger partial charge in [-0.2, -0.15) is 5.26 Å². The number of nitrogens with zero attached hydrogens (tertiary/aromatic N) is 2. The molecule has 1 aromatic carbocycles. The van der Waals surface area contributed by atoms with Crippen molar-refractivity contribution >= 4 is 17.6 Å². The maximum absolute atomic E-state index is 12.0. The molecule has 21 heavy (non-hydrogen) atoms. The van der Waals surface area contributed by atoms with E-state index in [1.165, 1.54) is 0 Å². The zero-order valence-electron chi connectivity index (χ0n) is 11.4. The van der Waals surface area contributed by atoms with Crippen LogP contribution in [0, 0.1) is 17.2 Å². The average molecular weight is 301 g/mol. The van der Waals surface area contributed by atoms with E-state index >= 15 is 0 Å². The first-order valence-electron chi connectivity index (χ1n) is 6.39. The Kier molecular flexibility index (Phi) is 4.91. The molecule has 0 N–H and O–H groups in total. The van der Waals surface area contributed by atoms with Crippen LogP contribution in [0.2, 0.25) is 5.02 Å². The first-order chi connectivity index (χ1) is 10.1. The van der Waals surface area contributed by atoms with Gasteiger partial charge < -0.3 is 4.74 Å². The molecule has 0 spiro atoms. The molecule has 106 valence electrons. The molecule has 2 rings (SSSR count). The van der Waals surface area contributed by atoms with Gasteiger partial charge in [0, 0.05) is 11.8 Å². The van der Waals surface area contributed by atoms with Gasteiger partial charge in [-0.1, -0.05) is 23.7 Å². The summed E-state index contributed by atoms with van der Waals surface area (Å²) >= 11 is 6.04. The van der Waals surface area contributed by atoms with Crippen molar-refractivity contribution in [2.24, 2.45) is 5.92 Å². The number of carbonyl (C=O) groups is 1. The highest BCUT2D eigenvalue weighted by Gasteiger charge is 2.15. The van der Waals surface area contributed by atoms with E-state index in [9.17, 15) is 4.79 Å². The summed E-state index contributed by atoms with van der Waals surface area (Å²) in [6, 6.07) is 12.6. The van der Waals surface area contributed by atoms with Crippen molar-refractivity contribution in [3.63, 3.8) is 0 Å². The molecule has 4 nitrogen and oxygen atoms in total. The van der Waals surface area contributed by atoms with Crippen LogP contribution >= 0.6 is 11.6 Å². The zero-order chi connectivity index (χ0) is 15.2. The summed E-state index contributed by atoms with van der Waals surface area (Å²) in [7, 11) is 0. The van der Waals surface area contributed by atoms with Gasteiger partial charge in [-0.15, -0.1) is 0 Å². The summed E-state index contributed by atoms with van der Waals surface area (Å²) in [5.41, 5.74) is 1.79. The van der Waals surface area contributed by atoms with Gasteiger partial charge in [-0.25, -0.2) is 4.79 Å². The summed E-state index contributed by atoms with van der Waals surface area (Å²) in [5, 5.41) is 9.00. The smallest absolute Gasteiger partial charge is 0.339 e. The molecule has 1 unspecified atom stereocenters. The third-order valence-electron chi connectivity index (χ3n) is 2.83. The average Bonchev–Trinajstić information content (AvgIpc) is 2.53. The minimum absolute atomic E-state index is 0.0411. The van der Waals surface area contributed by atoms with Crippen molar-refractivity contribution in [2.75, 3.05) is 6.61 Å². The number of hydrogen-bond donors (Lipinski definition) is 0. The minimum atomic E-state index is -0.542. The fourth-order valence-electron chi connectivity index (χ4n) is 1.69. The predicted octanol–water partition coefficient (Wildman–Crippen LogP) is 3.72. The van der Waals surface area contributed by atoms with E-state index in [1.807, 2.05) is 24.3 Å². The van der Waals surface area contributed by atoms with Crippen LogP contribution in [0.25, 0.3) is 11.3 Å². The molecule has 0 aliphatic rings. The molecular weight excluding hydrogens is 288 g/mol. The molecule has 1 atom stereocenters. The second-order valence-corrected chi connectivity index (χ2v) is 4.95. The van der Waals surface area contributed by atoms with Crippen LogP contribution in [-0.4, -0.2) is 17.6 Å². The van der Waals surface area contributed by atoms with Crippen LogP contribution < -0.4 is 0 Å². The topological polar surface area (TPSA) is 63.0 Å². The standard InChI is InChI=1S/C16H13ClN2O2/c1-11(9-18)10-21-16(20)13-8-12(5-6-14(13)17)15-4-2-3-7-19-15/h2-8,11H,10H2,1H3. The number of halogens is 1. The molecule has 0 fully saturated rings. The first-order valence-corrected chi connectivity index (χ1v) is 6.77. The molecule has 1 heterocycles. The first kappa shape index (κ1) is 15.0. The quantitative estimate of drug-likeness (QED) is 0.807. The van der Waals surface area contributed by atoms with Crippen LogP contribution in [0.4, 0.5) is 0 Å². The Hall–Kier alpha value is -2.38. The Morgan fingerprint density at radius 1 is 1.43 bits per heavy atom. The second kappa shape index (κ2) is 6.87. The van der Waals surface area contributed by atoms with Crippen molar-refractivity contribution in [1.29, 1.82) is 5.26 Å². The lowest BCUT2D eigenvalue weighted by Crippen LogP contribution is -2.11. The van der Waals surface area contributed by atoms with Crippen LogP contribution in [0.5, 0.6) is 0 Å². The highest BCUT2D eigenvalue weighted by Crippen LogP contribution is 2.24. The molecule has 5 heteroatoms. The van der Waals surface area contributed by atoms with E-state index in [2.05, 4.69) is 4.98 Å². The van der Waals surface area contributed by atoms with Crippen molar-refractivity contribution in [1.82, 2.24) is 4.98 Å². The Morgan fingerprint density at radius 2 is 2.24 bits per heavy atom. The van der Waals surface area contributed by atoms with Crippen LogP contribution in [-0.2, 0) is 4.74 Å². The van der Waals surface area contributed by atoms with Crippen LogP contribution in [0.3, 0.4) is 0 Å². The Balaban J connectivity index is 2.24. The summed E-state index contributed by atoms with van der Waals surface area (Å²) in [4.78, 5) is 16.3. The molecular formula is C16H13ClN2O2. The molecule has 0 radical (unpaired) electrons. The molecule has 0 amide bonds. The number of aromatic nitrogens is 1. The number of carbonyl (C=O) groups excluding carboxylic acids is 1. The van der Waals surface area contributed by atoms with Crippen LogP contribution in [0.15, 0.2) is 42.6 Å². The Bertz CT molecular complexity index is 680. The Labute approximate surface area is 128 Å². The lowest BCUT2D eigenvalue weighted by molar-refractivity contribution is 0.0476. The largest absolute Gasteiger partial charge is 0.461 e. The third-order valence-corrected chi connectivity index (χ3v) is 3.16. The maximum Gasteiger partial charge on any atom is 0.339 e. The number of hydrogen-bond acceptors (Lipinski definition) is 4. The Morgan fingerprint density at radius 3 is 2.90 bits per heavy atom. The highest BCUT2D eigenvalue weighted by atomic mass is 35.5. The minimum Gasteiger partial charge on any atom is -0.461 e. The van der Waals surface area contributed by atoms with Gasteiger partial charge in [0.2, 0.25) is 0 Å². The number of nitriles is 1. The molecule has 2 aromatic rings. The molecule has 0 aliphatic carbocycles. The van der Waals surface area contributed by atoms with E-state index in [1.54, 1.807) is 31.3 Å². The van der Waals surface area contributed by atoms with Crippen molar-refractivity contribution in [2.45, 2.75) is 6.92 Å². The van der Waals surface area contributed by atoms with E-state index in [0.29, 0.717) is 5.02 Å². The molecule has 0 saturated carbocycles. The van der Waals surface area contributed by atoms with Crippen molar-refractivity contribution in [3.8, 4) is 17.3 Å².